The van der Waals surface area contributed by atoms with Gasteiger partial charge in [0.2, 0.25) is 5.91 Å². The van der Waals surface area contributed by atoms with Gasteiger partial charge in [0.05, 0.1) is 6.07 Å². The first kappa shape index (κ1) is 17.9. The molecule has 26 heavy (non-hydrogen) atoms. The predicted molar refractivity (Wildman–Crippen MR) is 93.6 cm³/mol. The first-order valence-electron chi connectivity index (χ1n) is 8.82. The fraction of sp³-hybridized carbons (Fsp3) is 0.474. The third-order valence-corrected chi connectivity index (χ3v) is 5.23. The van der Waals surface area contributed by atoms with Crippen molar-refractivity contribution in [2.24, 2.45) is 0 Å². The molecule has 2 N–H and O–H groups in total. The highest BCUT2D eigenvalue weighted by molar-refractivity contribution is 6.09. The number of carbonyl (C=O) groups is 3. The van der Waals surface area contributed by atoms with E-state index in [1.54, 1.807) is 31.2 Å². The summed E-state index contributed by atoms with van der Waals surface area (Å²) >= 11 is 0. The molecule has 0 bridgehead atoms. The number of rotatable bonds is 4. The van der Waals surface area contributed by atoms with Gasteiger partial charge in [-0.15, -0.1) is 0 Å². The van der Waals surface area contributed by atoms with Gasteiger partial charge >= 0.3 is 6.03 Å². The van der Waals surface area contributed by atoms with Crippen LogP contribution in [-0.2, 0) is 15.1 Å². The summed E-state index contributed by atoms with van der Waals surface area (Å²) in [6, 6.07) is 10.5. The third kappa shape index (κ3) is 3.15. The maximum absolute atomic E-state index is 12.8. The Kier molecular flexibility index (Phi) is 4.68. The van der Waals surface area contributed by atoms with Crippen molar-refractivity contribution in [3.63, 3.8) is 0 Å². The molecule has 1 saturated carbocycles. The van der Waals surface area contributed by atoms with Crippen molar-refractivity contribution in [2.75, 3.05) is 6.54 Å². The van der Waals surface area contributed by atoms with E-state index in [-0.39, 0.29) is 0 Å². The van der Waals surface area contributed by atoms with Crippen LogP contribution < -0.4 is 10.6 Å². The number of carbonyl (C=O) groups excluding carboxylic acids is 3. The number of hydrogen-bond acceptors (Lipinski definition) is 4. The highest BCUT2D eigenvalue weighted by atomic mass is 16.2. The Balaban J connectivity index is 1.72. The highest BCUT2D eigenvalue weighted by Gasteiger charge is 2.49. The zero-order valence-electron chi connectivity index (χ0n) is 14.7. The first-order chi connectivity index (χ1) is 12.4. The molecule has 1 aliphatic carbocycles. The second kappa shape index (κ2) is 6.79. The van der Waals surface area contributed by atoms with E-state index in [4.69, 9.17) is 0 Å². The normalized spacial score (nSPS) is 24.7. The van der Waals surface area contributed by atoms with Gasteiger partial charge in [-0.25, -0.2) is 4.79 Å². The standard InChI is InChI=1S/C19H22N4O3/c1-18(14-8-4-2-5-9-14)16(25)23(17(26)22-18)12-15(24)21-19(13-20)10-6-3-7-11-19/h2,4-5,8-9H,3,6-7,10-12H2,1H3,(H,21,24)(H,22,26)/t18-/m0/s1. The molecule has 1 aromatic carbocycles. The van der Waals surface area contributed by atoms with Gasteiger partial charge in [-0.05, 0) is 25.3 Å². The molecule has 1 saturated heterocycles. The number of nitriles is 1. The maximum Gasteiger partial charge on any atom is 0.325 e. The number of benzene rings is 1. The van der Waals surface area contributed by atoms with Crippen LogP contribution in [0, 0.1) is 11.3 Å². The van der Waals surface area contributed by atoms with Gasteiger partial charge in [0, 0.05) is 0 Å². The minimum atomic E-state index is -1.20. The summed E-state index contributed by atoms with van der Waals surface area (Å²) in [6.07, 6.45) is 3.99. The van der Waals surface area contributed by atoms with E-state index in [0.717, 1.165) is 24.2 Å². The second-order valence-corrected chi connectivity index (χ2v) is 7.12. The van der Waals surface area contributed by atoms with E-state index < -0.39 is 35.5 Å². The Morgan fingerprint density at radius 2 is 1.88 bits per heavy atom. The lowest BCUT2D eigenvalue weighted by Gasteiger charge is -2.32. The molecule has 1 aromatic rings. The van der Waals surface area contributed by atoms with Crippen molar-refractivity contribution >= 4 is 17.8 Å². The van der Waals surface area contributed by atoms with Gasteiger partial charge in [-0.1, -0.05) is 49.6 Å². The van der Waals surface area contributed by atoms with Crippen molar-refractivity contribution in [3.05, 3.63) is 35.9 Å². The van der Waals surface area contributed by atoms with Crippen molar-refractivity contribution in [3.8, 4) is 6.07 Å². The van der Waals surface area contributed by atoms with Crippen LogP contribution >= 0.6 is 0 Å². The molecule has 0 spiro atoms. The summed E-state index contributed by atoms with van der Waals surface area (Å²) in [6.45, 7) is 1.23. The molecule has 0 radical (unpaired) electrons. The monoisotopic (exact) mass is 354 g/mol. The van der Waals surface area contributed by atoms with E-state index in [2.05, 4.69) is 16.7 Å². The molecule has 4 amide bonds. The molecular weight excluding hydrogens is 332 g/mol. The van der Waals surface area contributed by atoms with E-state index in [0.29, 0.717) is 18.4 Å². The van der Waals surface area contributed by atoms with Crippen LogP contribution in [-0.4, -0.2) is 34.8 Å². The van der Waals surface area contributed by atoms with Crippen molar-refractivity contribution < 1.29 is 14.4 Å². The van der Waals surface area contributed by atoms with Gasteiger partial charge in [0.15, 0.2) is 0 Å². The fourth-order valence-corrected chi connectivity index (χ4v) is 3.68. The largest absolute Gasteiger partial charge is 0.336 e. The fourth-order valence-electron chi connectivity index (χ4n) is 3.68. The number of imide groups is 1. The maximum atomic E-state index is 12.8. The van der Waals surface area contributed by atoms with Crippen LogP contribution in [0.4, 0.5) is 4.79 Å². The summed E-state index contributed by atoms with van der Waals surface area (Å²) < 4.78 is 0. The van der Waals surface area contributed by atoms with Crippen LogP contribution in [0.2, 0.25) is 0 Å². The second-order valence-electron chi connectivity index (χ2n) is 7.12. The smallest absolute Gasteiger partial charge is 0.325 e. The van der Waals surface area contributed by atoms with E-state index in [9.17, 15) is 19.6 Å². The third-order valence-electron chi connectivity index (χ3n) is 5.23. The molecule has 1 atom stereocenters. The Labute approximate surface area is 152 Å². The Morgan fingerprint density at radius 1 is 1.23 bits per heavy atom. The van der Waals surface area contributed by atoms with Crippen LogP contribution in [0.25, 0.3) is 0 Å². The average Bonchev–Trinajstić information content (AvgIpc) is 2.87. The number of amides is 4. The lowest BCUT2D eigenvalue weighted by Crippen LogP contribution is -2.52. The van der Waals surface area contributed by atoms with Crippen LogP contribution in [0.15, 0.2) is 30.3 Å². The van der Waals surface area contributed by atoms with E-state index in [1.807, 2.05) is 6.07 Å². The number of hydrogen-bond donors (Lipinski definition) is 2. The Bertz CT molecular complexity index is 765. The molecule has 2 fully saturated rings. The first-order valence-corrected chi connectivity index (χ1v) is 8.82. The molecule has 1 aliphatic heterocycles. The summed E-state index contributed by atoms with van der Waals surface area (Å²) in [5.41, 5.74) is -1.43. The molecule has 3 rings (SSSR count). The van der Waals surface area contributed by atoms with Gasteiger partial charge in [0.25, 0.3) is 5.91 Å². The summed E-state index contributed by atoms with van der Waals surface area (Å²) in [7, 11) is 0. The topological polar surface area (TPSA) is 102 Å². The quantitative estimate of drug-likeness (QED) is 0.805. The molecule has 2 aliphatic rings. The molecule has 1 heterocycles. The molecule has 0 aromatic heterocycles. The van der Waals surface area contributed by atoms with E-state index >= 15 is 0 Å². The van der Waals surface area contributed by atoms with Crippen molar-refractivity contribution in [2.45, 2.75) is 50.1 Å². The highest BCUT2D eigenvalue weighted by Crippen LogP contribution is 2.29. The van der Waals surface area contributed by atoms with Crippen molar-refractivity contribution in [1.29, 1.82) is 5.26 Å². The predicted octanol–water partition coefficient (Wildman–Crippen LogP) is 1.80. The Morgan fingerprint density at radius 3 is 2.50 bits per heavy atom. The van der Waals surface area contributed by atoms with Crippen molar-refractivity contribution in [1.82, 2.24) is 15.5 Å². The van der Waals surface area contributed by atoms with Crippen LogP contribution in [0.5, 0.6) is 0 Å². The van der Waals surface area contributed by atoms with Gasteiger partial charge < -0.3 is 10.6 Å². The van der Waals surface area contributed by atoms with Gasteiger partial charge in [-0.3, -0.25) is 14.5 Å². The zero-order chi connectivity index (χ0) is 18.8. The summed E-state index contributed by atoms with van der Waals surface area (Å²) in [5, 5.41) is 14.9. The van der Waals surface area contributed by atoms with Gasteiger partial charge in [0.1, 0.15) is 17.6 Å². The van der Waals surface area contributed by atoms with E-state index in [1.165, 1.54) is 0 Å². The number of nitrogens with zero attached hydrogens (tertiary/aromatic N) is 2. The Hall–Kier alpha value is -2.88. The van der Waals surface area contributed by atoms with Gasteiger partial charge in [-0.2, -0.15) is 5.26 Å². The summed E-state index contributed by atoms with van der Waals surface area (Å²) in [5.74, 6) is -0.965. The minimum Gasteiger partial charge on any atom is -0.336 e. The molecule has 7 heteroatoms. The molecular formula is C19H22N4O3. The minimum absolute atomic E-state index is 0.392. The molecule has 0 unspecified atom stereocenters. The lowest BCUT2D eigenvalue weighted by molar-refractivity contribution is -0.135. The van der Waals surface area contributed by atoms with Crippen LogP contribution in [0.1, 0.15) is 44.6 Å². The SMILES string of the molecule is C[C@@]1(c2ccccc2)NC(=O)N(CC(=O)NC2(C#N)CCCCC2)C1=O. The average molecular weight is 354 g/mol. The van der Waals surface area contributed by atoms with Crippen LogP contribution in [0.3, 0.4) is 0 Å². The number of urea groups is 1. The zero-order valence-corrected chi connectivity index (χ0v) is 14.7. The lowest BCUT2D eigenvalue weighted by atomic mass is 9.83. The molecule has 136 valence electrons. The summed E-state index contributed by atoms with van der Waals surface area (Å²) in [4.78, 5) is 38.5. The molecule has 7 nitrogen and oxygen atoms in total. The number of nitrogens with one attached hydrogen (secondary N) is 2.